The standard InChI is InChI=1S/C14H18ClN3O2/c15-12-7-10(14(19)20)8-16-13(12)18-6-3-11(9-18)17-4-1-2-5-17/h7-8,11H,1-6,9H2,(H,19,20). The lowest BCUT2D eigenvalue weighted by molar-refractivity contribution is 0.0696. The van der Waals surface area contributed by atoms with Crippen LogP contribution in [0.1, 0.15) is 29.6 Å². The minimum Gasteiger partial charge on any atom is -0.478 e. The summed E-state index contributed by atoms with van der Waals surface area (Å²) in [6, 6.07) is 2.06. The number of halogens is 1. The molecule has 2 fully saturated rings. The lowest BCUT2D eigenvalue weighted by atomic mass is 10.2. The van der Waals surface area contributed by atoms with Crippen molar-refractivity contribution in [2.24, 2.45) is 0 Å². The van der Waals surface area contributed by atoms with Crippen molar-refractivity contribution in [3.8, 4) is 0 Å². The van der Waals surface area contributed by atoms with Gasteiger partial charge in [-0.25, -0.2) is 9.78 Å². The third-order valence-corrected chi connectivity index (χ3v) is 4.47. The normalized spacial score (nSPS) is 23.4. The summed E-state index contributed by atoms with van der Waals surface area (Å²) in [4.78, 5) is 19.8. The second-order valence-corrected chi connectivity index (χ2v) is 5.87. The number of hydrogen-bond acceptors (Lipinski definition) is 4. The summed E-state index contributed by atoms with van der Waals surface area (Å²) in [6.07, 6.45) is 5.09. The van der Waals surface area contributed by atoms with Gasteiger partial charge in [-0.2, -0.15) is 0 Å². The topological polar surface area (TPSA) is 56.7 Å². The molecule has 1 N–H and O–H groups in total. The Bertz CT molecular complexity index is 517. The van der Waals surface area contributed by atoms with E-state index in [9.17, 15) is 4.79 Å². The molecule has 5 nitrogen and oxygen atoms in total. The van der Waals surface area contributed by atoms with Gasteiger partial charge in [0.2, 0.25) is 0 Å². The first-order valence-corrected chi connectivity index (χ1v) is 7.41. The zero-order chi connectivity index (χ0) is 14.1. The number of aromatic carboxylic acids is 1. The summed E-state index contributed by atoms with van der Waals surface area (Å²) in [5, 5.41) is 9.36. The zero-order valence-corrected chi connectivity index (χ0v) is 12.0. The molecule has 2 saturated heterocycles. The minimum atomic E-state index is -0.998. The molecule has 0 radical (unpaired) electrons. The van der Waals surface area contributed by atoms with E-state index in [-0.39, 0.29) is 5.56 Å². The van der Waals surface area contributed by atoms with Crippen LogP contribution >= 0.6 is 11.6 Å². The summed E-state index contributed by atoms with van der Waals surface area (Å²) >= 11 is 6.18. The lowest BCUT2D eigenvalue weighted by Crippen LogP contribution is -2.35. The van der Waals surface area contributed by atoms with E-state index in [1.807, 2.05) is 0 Å². The zero-order valence-electron chi connectivity index (χ0n) is 11.3. The van der Waals surface area contributed by atoms with Gasteiger partial charge >= 0.3 is 5.97 Å². The highest BCUT2D eigenvalue weighted by molar-refractivity contribution is 6.33. The molecule has 2 aliphatic rings. The van der Waals surface area contributed by atoms with Crippen LogP contribution in [-0.2, 0) is 0 Å². The van der Waals surface area contributed by atoms with Crippen LogP contribution in [0.3, 0.4) is 0 Å². The molecule has 0 amide bonds. The molecule has 3 rings (SSSR count). The monoisotopic (exact) mass is 295 g/mol. The Morgan fingerprint density at radius 3 is 2.75 bits per heavy atom. The number of nitrogens with zero attached hydrogens (tertiary/aromatic N) is 3. The largest absolute Gasteiger partial charge is 0.478 e. The molecule has 1 aromatic heterocycles. The fourth-order valence-corrected chi connectivity index (χ4v) is 3.41. The molecule has 0 saturated carbocycles. The Kier molecular flexibility index (Phi) is 3.81. The van der Waals surface area contributed by atoms with Crippen LogP contribution in [0.15, 0.2) is 12.3 Å². The molecular weight excluding hydrogens is 278 g/mol. The van der Waals surface area contributed by atoms with Crippen LogP contribution in [-0.4, -0.2) is 53.2 Å². The maximum absolute atomic E-state index is 10.9. The van der Waals surface area contributed by atoms with Gasteiger partial charge in [0, 0.05) is 25.3 Å². The molecule has 1 aromatic rings. The van der Waals surface area contributed by atoms with E-state index in [1.54, 1.807) is 0 Å². The van der Waals surface area contributed by atoms with Gasteiger partial charge in [-0.05, 0) is 38.4 Å². The average Bonchev–Trinajstić information content (AvgIpc) is 3.09. The number of likely N-dealkylation sites (tertiary alicyclic amines) is 1. The van der Waals surface area contributed by atoms with E-state index < -0.39 is 5.97 Å². The van der Waals surface area contributed by atoms with Gasteiger partial charge in [-0.1, -0.05) is 11.6 Å². The van der Waals surface area contributed by atoms with Crippen molar-refractivity contribution in [3.05, 3.63) is 22.8 Å². The Labute approximate surface area is 123 Å². The summed E-state index contributed by atoms with van der Waals surface area (Å²) in [5.74, 6) is -0.291. The van der Waals surface area contributed by atoms with Crippen molar-refractivity contribution in [1.29, 1.82) is 0 Å². The van der Waals surface area contributed by atoms with Gasteiger partial charge in [0.05, 0.1) is 10.6 Å². The quantitative estimate of drug-likeness (QED) is 0.925. The summed E-state index contributed by atoms with van der Waals surface area (Å²) in [7, 11) is 0. The predicted molar refractivity (Wildman–Crippen MR) is 77.6 cm³/mol. The maximum Gasteiger partial charge on any atom is 0.337 e. The molecule has 0 aliphatic carbocycles. The number of aromatic nitrogens is 1. The third kappa shape index (κ3) is 2.60. The van der Waals surface area contributed by atoms with Crippen LogP contribution in [0.2, 0.25) is 5.02 Å². The third-order valence-electron chi connectivity index (χ3n) is 4.19. The van der Waals surface area contributed by atoms with Gasteiger partial charge in [-0.3, -0.25) is 4.90 Å². The number of carbonyl (C=O) groups is 1. The highest BCUT2D eigenvalue weighted by Gasteiger charge is 2.30. The second kappa shape index (κ2) is 5.58. The molecule has 0 bridgehead atoms. The summed E-state index contributed by atoms with van der Waals surface area (Å²) in [6.45, 7) is 4.24. The SMILES string of the molecule is O=C(O)c1cnc(N2CCC(N3CCCC3)C2)c(Cl)c1. The van der Waals surface area contributed by atoms with Crippen molar-refractivity contribution < 1.29 is 9.90 Å². The highest BCUT2D eigenvalue weighted by atomic mass is 35.5. The number of pyridine rings is 1. The Balaban J connectivity index is 1.72. The molecular formula is C14H18ClN3O2. The van der Waals surface area contributed by atoms with Crippen molar-refractivity contribution >= 4 is 23.4 Å². The number of carboxylic acid groups (broad SMARTS) is 1. The number of rotatable bonds is 3. The molecule has 20 heavy (non-hydrogen) atoms. The Morgan fingerprint density at radius 2 is 2.10 bits per heavy atom. The van der Waals surface area contributed by atoms with E-state index in [0.717, 1.165) is 19.5 Å². The van der Waals surface area contributed by atoms with Crippen molar-refractivity contribution in [1.82, 2.24) is 9.88 Å². The first kappa shape index (κ1) is 13.6. The molecule has 6 heteroatoms. The van der Waals surface area contributed by atoms with Gasteiger partial charge < -0.3 is 10.0 Å². The highest BCUT2D eigenvalue weighted by Crippen LogP contribution is 2.29. The van der Waals surface area contributed by atoms with Gasteiger partial charge in [0.25, 0.3) is 0 Å². The molecule has 2 aliphatic heterocycles. The molecule has 3 heterocycles. The average molecular weight is 296 g/mol. The van der Waals surface area contributed by atoms with Crippen LogP contribution in [0.25, 0.3) is 0 Å². The lowest BCUT2D eigenvalue weighted by Gasteiger charge is -2.24. The molecule has 1 atom stereocenters. The van der Waals surface area contributed by atoms with Crippen molar-refractivity contribution in [2.45, 2.75) is 25.3 Å². The van der Waals surface area contributed by atoms with Crippen molar-refractivity contribution in [2.75, 3.05) is 31.1 Å². The Morgan fingerprint density at radius 1 is 1.35 bits per heavy atom. The summed E-state index contributed by atoms with van der Waals surface area (Å²) < 4.78 is 0. The van der Waals surface area contributed by atoms with E-state index in [1.165, 1.54) is 38.2 Å². The van der Waals surface area contributed by atoms with E-state index >= 15 is 0 Å². The van der Waals surface area contributed by atoms with Crippen LogP contribution in [0.4, 0.5) is 5.82 Å². The number of carboxylic acids is 1. The number of anilines is 1. The van der Waals surface area contributed by atoms with Crippen LogP contribution in [0, 0.1) is 0 Å². The fourth-order valence-electron chi connectivity index (χ4n) is 3.12. The molecule has 108 valence electrons. The summed E-state index contributed by atoms with van der Waals surface area (Å²) in [5.41, 5.74) is 0.133. The van der Waals surface area contributed by atoms with Gasteiger partial charge in [0.1, 0.15) is 5.82 Å². The van der Waals surface area contributed by atoms with E-state index in [2.05, 4.69) is 14.8 Å². The van der Waals surface area contributed by atoms with E-state index in [0.29, 0.717) is 16.9 Å². The first-order valence-electron chi connectivity index (χ1n) is 7.03. The van der Waals surface area contributed by atoms with E-state index in [4.69, 9.17) is 16.7 Å². The van der Waals surface area contributed by atoms with Gasteiger partial charge in [-0.15, -0.1) is 0 Å². The molecule has 0 aromatic carbocycles. The number of hydrogen-bond donors (Lipinski definition) is 1. The smallest absolute Gasteiger partial charge is 0.337 e. The first-order chi connectivity index (χ1) is 9.65. The minimum absolute atomic E-state index is 0.133. The van der Waals surface area contributed by atoms with Crippen LogP contribution in [0.5, 0.6) is 0 Å². The fraction of sp³-hybridized carbons (Fsp3) is 0.571. The molecule has 0 spiro atoms. The molecule has 1 unspecified atom stereocenters. The Hall–Kier alpha value is -1.33. The van der Waals surface area contributed by atoms with Crippen LogP contribution < -0.4 is 4.90 Å². The van der Waals surface area contributed by atoms with Gasteiger partial charge in [0.15, 0.2) is 0 Å². The second-order valence-electron chi connectivity index (χ2n) is 5.47. The predicted octanol–water partition coefficient (Wildman–Crippen LogP) is 2.11. The maximum atomic E-state index is 10.9. The van der Waals surface area contributed by atoms with Crippen molar-refractivity contribution in [3.63, 3.8) is 0 Å².